The van der Waals surface area contributed by atoms with E-state index in [9.17, 15) is 9.18 Å². The maximum absolute atomic E-state index is 13.9. The zero-order valence-corrected chi connectivity index (χ0v) is 19.4. The molecule has 182 valence electrons. The molecule has 6 rings (SSSR count). The first kappa shape index (κ1) is 23.2. The first-order chi connectivity index (χ1) is 15.7. The first-order valence-corrected chi connectivity index (χ1v) is 12.1. The number of aryl methyl sites for hydroxylation is 1. The van der Waals surface area contributed by atoms with E-state index in [-0.39, 0.29) is 17.4 Å². The van der Waals surface area contributed by atoms with Crippen LogP contribution in [0, 0.1) is 29.5 Å². The van der Waals surface area contributed by atoms with Gasteiger partial charge in [-0.05, 0) is 68.6 Å². The summed E-state index contributed by atoms with van der Waals surface area (Å²) in [6.45, 7) is 6.78. The number of ether oxygens (including phenoxy) is 3. The van der Waals surface area contributed by atoms with Crippen molar-refractivity contribution in [1.29, 1.82) is 0 Å². The average Bonchev–Trinajstić information content (AvgIpc) is 3.00. The van der Waals surface area contributed by atoms with Crippen molar-refractivity contribution < 1.29 is 38.3 Å². The zero-order valence-electron chi connectivity index (χ0n) is 19.4. The van der Waals surface area contributed by atoms with Gasteiger partial charge in [-0.3, -0.25) is 0 Å². The maximum atomic E-state index is 13.9. The predicted molar refractivity (Wildman–Crippen MR) is 114 cm³/mol. The summed E-state index contributed by atoms with van der Waals surface area (Å²) < 4.78 is 32.8. The molecule has 8 heteroatoms. The Labute approximate surface area is 193 Å². The topological polar surface area (TPSA) is 83.5 Å². The molecule has 1 aromatic carbocycles. The lowest BCUT2D eigenvalue weighted by molar-refractivity contribution is -0.577. The number of rotatable bonds is 6. The number of halogens is 1. The number of carboxylic acid groups (broad SMARTS) is 1. The number of benzene rings is 1. The van der Waals surface area contributed by atoms with Crippen LogP contribution in [0.2, 0.25) is 0 Å². The lowest BCUT2D eigenvalue weighted by Gasteiger charge is -2.60. The van der Waals surface area contributed by atoms with Crippen LogP contribution < -0.4 is 0 Å². The van der Waals surface area contributed by atoms with Gasteiger partial charge in [-0.2, -0.15) is 0 Å². The second-order valence-corrected chi connectivity index (χ2v) is 10.4. The number of aromatic carboxylic acids is 1. The molecule has 4 heterocycles. The summed E-state index contributed by atoms with van der Waals surface area (Å²) in [4.78, 5) is 23.0. The molecule has 33 heavy (non-hydrogen) atoms. The summed E-state index contributed by atoms with van der Waals surface area (Å²) in [6.07, 6.45) is 4.21. The quantitative estimate of drug-likeness (QED) is 0.483. The highest BCUT2D eigenvalue weighted by Crippen LogP contribution is 2.60. The van der Waals surface area contributed by atoms with Crippen LogP contribution in [0.5, 0.6) is 0 Å². The normalized spacial score (nSPS) is 41.9. The van der Waals surface area contributed by atoms with Gasteiger partial charge in [-0.25, -0.2) is 19.0 Å². The van der Waals surface area contributed by atoms with Gasteiger partial charge in [-0.1, -0.05) is 19.9 Å². The second-order valence-electron chi connectivity index (χ2n) is 10.4. The van der Waals surface area contributed by atoms with Gasteiger partial charge in [0.25, 0.3) is 0 Å². The summed E-state index contributed by atoms with van der Waals surface area (Å²) in [6, 6.07) is 4.24. The summed E-state index contributed by atoms with van der Waals surface area (Å²) in [7, 11) is 0. The Balaban J connectivity index is 1.24. The van der Waals surface area contributed by atoms with Gasteiger partial charge in [0.1, 0.15) is 5.82 Å². The van der Waals surface area contributed by atoms with Crippen LogP contribution in [0.4, 0.5) is 4.39 Å². The summed E-state index contributed by atoms with van der Waals surface area (Å²) in [5.41, 5.74) is -0.174. The minimum absolute atomic E-state index is 0.109. The fourth-order valence-electron chi connectivity index (χ4n) is 6.43. The Morgan fingerprint density at radius 1 is 1.21 bits per heavy atom. The molecule has 1 saturated carbocycles. The Morgan fingerprint density at radius 3 is 2.79 bits per heavy atom. The van der Waals surface area contributed by atoms with Crippen LogP contribution in [-0.4, -0.2) is 41.7 Å². The highest BCUT2D eigenvalue weighted by molar-refractivity contribution is 5.87. The lowest BCUT2D eigenvalue weighted by Crippen LogP contribution is -2.70. The van der Waals surface area contributed by atoms with E-state index in [1.807, 2.05) is 6.92 Å². The largest absolute Gasteiger partial charge is 0.478 e. The monoisotopic (exact) mass is 464 g/mol. The fourth-order valence-corrected chi connectivity index (χ4v) is 6.43. The number of hydrogen-bond donors (Lipinski definition) is 1. The molecule has 0 aromatic heterocycles. The number of fused-ring (bicyclic) bond motifs is 2. The SMILES string of the molecule is C[C@H]1[C@@H](OCCCc2ccc(C(=O)O)c(F)c2)O[C@@H]2O[C@@]3(C)CC[C@H]4[C@H](C)CC[C@@H]1[C@@]24OO3. The highest BCUT2D eigenvalue weighted by atomic mass is 19.1. The van der Waals surface area contributed by atoms with Crippen LogP contribution in [0.15, 0.2) is 18.2 Å². The Hall–Kier alpha value is -1.58. The van der Waals surface area contributed by atoms with E-state index in [1.54, 1.807) is 6.07 Å². The van der Waals surface area contributed by atoms with Crippen molar-refractivity contribution in [3.8, 4) is 0 Å². The minimum atomic E-state index is -1.26. The van der Waals surface area contributed by atoms with E-state index in [4.69, 9.17) is 29.1 Å². The molecule has 0 unspecified atom stereocenters. The van der Waals surface area contributed by atoms with Crippen LogP contribution in [0.25, 0.3) is 0 Å². The van der Waals surface area contributed by atoms with Crippen LogP contribution >= 0.6 is 0 Å². The van der Waals surface area contributed by atoms with Crippen molar-refractivity contribution in [3.63, 3.8) is 0 Å². The molecular formula is C25H33FO7. The van der Waals surface area contributed by atoms with Crippen LogP contribution in [0.1, 0.15) is 68.8 Å². The third-order valence-electron chi connectivity index (χ3n) is 8.25. The number of carboxylic acids is 1. The van der Waals surface area contributed by atoms with Gasteiger partial charge in [0.2, 0.25) is 5.79 Å². The summed E-state index contributed by atoms with van der Waals surface area (Å²) >= 11 is 0. The van der Waals surface area contributed by atoms with Gasteiger partial charge in [0.05, 0.1) is 12.2 Å². The molecule has 1 aliphatic carbocycles. The molecule has 0 amide bonds. The van der Waals surface area contributed by atoms with E-state index < -0.39 is 35.8 Å². The molecule has 4 saturated heterocycles. The standard InChI is InChI=1S/C25H33FO7/c1-14-6-9-19-15(2)22(29-12-4-5-16-7-8-17(21(27)28)20(26)13-16)30-23-25(19)18(14)10-11-24(3,31-23)32-33-25/h7-8,13-15,18-19,22-23H,4-6,9-12H2,1-3H3,(H,27,28)/t14-,15-,18+,19+,22+,23-,24-,25-/m1/s1. The van der Waals surface area contributed by atoms with Crippen LogP contribution in [0.3, 0.4) is 0 Å². The lowest BCUT2D eigenvalue weighted by atomic mass is 9.58. The summed E-state index contributed by atoms with van der Waals surface area (Å²) in [5.74, 6) is -1.64. The maximum Gasteiger partial charge on any atom is 0.338 e. The van der Waals surface area contributed by atoms with E-state index >= 15 is 0 Å². The Kier molecular flexibility index (Phi) is 6.02. The van der Waals surface area contributed by atoms with E-state index in [0.717, 1.165) is 31.2 Å². The number of carbonyl (C=O) groups is 1. The Bertz CT molecular complexity index is 909. The van der Waals surface area contributed by atoms with Crippen LogP contribution in [-0.2, 0) is 30.4 Å². The van der Waals surface area contributed by atoms with Crippen molar-refractivity contribution >= 4 is 5.97 Å². The number of hydrogen-bond acceptors (Lipinski definition) is 6. The van der Waals surface area contributed by atoms with Crippen molar-refractivity contribution in [2.75, 3.05) is 6.61 Å². The molecule has 4 aliphatic heterocycles. The molecular weight excluding hydrogens is 431 g/mol. The van der Waals surface area contributed by atoms with Crippen molar-refractivity contribution in [2.45, 2.75) is 83.3 Å². The molecule has 1 aromatic rings. The third kappa shape index (κ3) is 3.90. The molecule has 5 fully saturated rings. The molecule has 2 bridgehead atoms. The second kappa shape index (κ2) is 8.57. The Morgan fingerprint density at radius 2 is 2.03 bits per heavy atom. The highest BCUT2D eigenvalue weighted by Gasteiger charge is 2.69. The summed E-state index contributed by atoms with van der Waals surface area (Å²) in [5, 5.41) is 8.97. The zero-order chi connectivity index (χ0) is 23.4. The van der Waals surface area contributed by atoms with Crippen molar-refractivity contribution in [3.05, 3.63) is 35.1 Å². The van der Waals surface area contributed by atoms with E-state index in [1.165, 1.54) is 12.1 Å². The van der Waals surface area contributed by atoms with Gasteiger partial charge in [0.15, 0.2) is 18.2 Å². The molecule has 1 N–H and O–H groups in total. The third-order valence-corrected chi connectivity index (χ3v) is 8.25. The first-order valence-electron chi connectivity index (χ1n) is 12.1. The molecule has 7 nitrogen and oxygen atoms in total. The smallest absolute Gasteiger partial charge is 0.338 e. The van der Waals surface area contributed by atoms with Gasteiger partial charge >= 0.3 is 5.97 Å². The molecule has 0 radical (unpaired) electrons. The van der Waals surface area contributed by atoms with Gasteiger partial charge < -0.3 is 19.3 Å². The predicted octanol–water partition coefficient (Wildman–Crippen LogP) is 4.68. The van der Waals surface area contributed by atoms with Gasteiger partial charge in [-0.15, -0.1) is 0 Å². The average molecular weight is 465 g/mol. The molecule has 1 spiro atoms. The van der Waals surface area contributed by atoms with Crippen molar-refractivity contribution in [2.24, 2.45) is 23.7 Å². The van der Waals surface area contributed by atoms with E-state index in [0.29, 0.717) is 31.3 Å². The van der Waals surface area contributed by atoms with Gasteiger partial charge in [0, 0.05) is 18.3 Å². The molecule has 5 aliphatic rings. The van der Waals surface area contributed by atoms with E-state index in [2.05, 4.69) is 13.8 Å². The fraction of sp³-hybridized carbons (Fsp3) is 0.720. The minimum Gasteiger partial charge on any atom is -0.478 e. The van der Waals surface area contributed by atoms with Crippen molar-refractivity contribution in [1.82, 2.24) is 0 Å². The molecule has 8 atom stereocenters.